The van der Waals surface area contributed by atoms with Crippen molar-refractivity contribution in [2.75, 3.05) is 25.0 Å². The third kappa shape index (κ3) is 4.03. The van der Waals surface area contributed by atoms with Crippen LogP contribution >= 0.6 is 11.6 Å². The lowest BCUT2D eigenvalue weighted by Gasteiger charge is -2.39. The highest BCUT2D eigenvalue weighted by molar-refractivity contribution is 6.41. The number of likely N-dealkylation sites (tertiary alicyclic amines) is 1. The fraction of sp³-hybridized carbons (Fsp3) is 0.529. The Balaban J connectivity index is 1.97. The van der Waals surface area contributed by atoms with Gasteiger partial charge in [0.2, 0.25) is 0 Å². The van der Waals surface area contributed by atoms with E-state index in [0.29, 0.717) is 36.6 Å². The maximum Gasteiger partial charge on any atom is 0.313 e. The number of anilines is 1. The van der Waals surface area contributed by atoms with Crippen LogP contribution in [-0.2, 0) is 9.59 Å². The highest BCUT2D eigenvalue weighted by atomic mass is 35.5. The van der Waals surface area contributed by atoms with Gasteiger partial charge in [-0.3, -0.25) is 9.59 Å². The maximum atomic E-state index is 12.3. The van der Waals surface area contributed by atoms with Crippen LogP contribution in [0.1, 0.15) is 31.7 Å². The minimum absolute atomic E-state index is 0.118. The van der Waals surface area contributed by atoms with E-state index < -0.39 is 11.8 Å². The average molecular weight is 339 g/mol. The molecule has 0 unspecified atom stereocenters. The highest BCUT2D eigenvalue weighted by Gasteiger charge is 2.35. The molecule has 1 aliphatic heterocycles. The molecule has 126 valence electrons. The number of hydrogen-bond donors (Lipinski definition) is 2. The molecule has 0 radical (unpaired) electrons. The zero-order valence-corrected chi connectivity index (χ0v) is 14.3. The van der Waals surface area contributed by atoms with Crippen LogP contribution in [0.5, 0.6) is 0 Å². The number of carbonyl (C=O) groups is 2. The van der Waals surface area contributed by atoms with Gasteiger partial charge >= 0.3 is 11.8 Å². The van der Waals surface area contributed by atoms with E-state index in [4.69, 9.17) is 11.6 Å². The minimum atomic E-state index is -0.677. The summed E-state index contributed by atoms with van der Waals surface area (Å²) < 4.78 is 0. The summed E-state index contributed by atoms with van der Waals surface area (Å²) >= 11 is 6.07. The fourth-order valence-electron chi connectivity index (χ4n) is 2.85. The molecule has 5 nitrogen and oxygen atoms in total. The summed E-state index contributed by atoms with van der Waals surface area (Å²) in [5.74, 6) is -1.23. The number of amides is 2. The second kappa shape index (κ2) is 7.32. The summed E-state index contributed by atoms with van der Waals surface area (Å²) in [6.45, 7) is 5.04. The van der Waals surface area contributed by atoms with Crippen molar-refractivity contribution in [2.45, 2.75) is 33.1 Å². The molecule has 0 atom stereocenters. The van der Waals surface area contributed by atoms with Gasteiger partial charge in [0.25, 0.3) is 0 Å². The predicted octanol–water partition coefficient (Wildman–Crippen LogP) is 2.60. The molecule has 0 bridgehead atoms. The summed E-state index contributed by atoms with van der Waals surface area (Å²) in [6, 6.07) is 5.25. The number of aliphatic hydroxyl groups is 1. The molecular weight excluding hydrogens is 316 g/mol. The number of aryl methyl sites for hydroxylation is 1. The van der Waals surface area contributed by atoms with Crippen molar-refractivity contribution in [3.63, 3.8) is 0 Å². The SMILES string of the molecule is CCC1(CO)CCN(C(=O)C(=O)Nc2ccc(C)cc2Cl)CC1. The van der Waals surface area contributed by atoms with Gasteiger partial charge in [0.1, 0.15) is 0 Å². The van der Waals surface area contributed by atoms with Crippen molar-refractivity contribution in [3.05, 3.63) is 28.8 Å². The van der Waals surface area contributed by atoms with Gasteiger partial charge < -0.3 is 15.3 Å². The Bertz CT molecular complexity index is 590. The van der Waals surface area contributed by atoms with Gasteiger partial charge in [-0.05, 0) is 49.3 Å². The third-order valence-corrected chi connectivity index (χ3v) is 5.08. The van der Waals surface area contributed by atoms with Crippen molar-refractivity contribution in [3.8, 4) is 0 Å². The van der Waals surface area contributed by atoms with Gasteiger partial charge in [0.15, 0.2) is 0 Å². The van der Waals surface area contributed by atoms with E-state index in [1.54, 1.807) is 17.0 Å². The number of nitrogens with zero attached hydrogens (tertiary/aromatic N) is 1. The maximum absolute atomic E-state index is 12.3. The predicted molar refractivity (Wildman–Crippen MR) is 90.4 cm³/mol. The quantitative estimate of drug-likeness (QED) is 0.832. The number of hydrogen-bond acceptors (Lipinski definition) is 3. The number of rotatable bonds is 3. The molecule has 1 saturated heterocycles. The molecule has 2 N–H and O–H groups in total. The second-order valence-corrected chi connectivity index (χ2v) is 6.65. The van der Waals surface area contributed by atoms with Crippen molar-refractivity contribution in [1.29, 1.82) is 0 Å². The molecule has 0 saturated carbocycles. The van der Waals surface area contributed by atoms with E-state index in [-0.39, 0.29) is 12.0 Å². The zero-order chi connectivity index (χ0) is 17.0. The lowest BCUT2D eigenvalue weighted by molar-refractivity contribution is -0.145. The van der Waals surface area contributed by atoms with E-state index >= 15 is 0 Å². The molecule has 2 amide bonds. The average Bonchev–Trinajstić information content (AvgIpc) is 2.56. The lowest BCUT2D eigenvalue weighted by Crippen LogP contribution is -2.48. The smallest absolute Gasteiger partial charge is 0.313 e. The van der Waals surface area contributed by atoms with Crippen molar-refractivity contribution in [1.82, 2.24) is 4.90 Å². The fourth-order valence-corrected chi connectivity index (χ4v) is 3.13. The third-order valence-electron chi connectivity index (χ3n) is 4.76. The number of halogens is 1. The normalized spacial score (nSPS) is 17.0. The Hall–Kier alpha value is -1.59. The van der Waals surface area contributed by atoms with Crippen LogP contribution in [0.2, 0.25) is 5.02 Å². The van der Waals surface area contributed by atoms with Crippen molar-refractivity contribution < 1.29 is 14.7 Å². The molecule has 1 aromatic carbocycles. The number of carbonyl (C=O) groups excluding carboxylic acids is 2. The molecule has 0 aromatic heterocycles. The van der Waals surface area contributed by atoms with Crippen LogP contribution in [0.25, 0.3) is 0 Å². The van der Waals surface area contributed by atoms with Crippen LogP contribution in [0.3, 0.4) is 0 Å². The summed E-state index contributed by atoms with van der Waals surface area (Å²) in [7, 11) is 0. The molecule has 2 rings (SSSR count). The number of piperidine rings is 1. The van der Waals surface area contributed by atoms with Gasteiger partial charge in [-0.2, -0.15) is 0 Å². The van der Waals surface area contributed by atoms with Gasteiger partial charge in [-0.25, -0.2) is 0 Å². The highest BCUT2D eigenvalue weighted by Crippen LogP contribution is 2.34. The largest absolute Gasteiger partial charge is 0.396 e. The van der Waals surface area contributed by atoms with Crippen molar-refractivity contribution in [2.24, 2.45) is 5.41 Å². The first-order valence-electron chi connectivity index (χ1n) is 7.88. The molecule has 1 aromatic rings. The Kier molecular flexibility index (Phi) is 5.65. The summed E-state index contributed by atoms with van der Waals surface area (Å²) in [4.78, 5) is 26.0. The second-order valence-electron chi connectivity index (χ2n) is 6.24. The van der Waals surface area contributed by atoms with E-state index in [2.05, 4.69) is 5.32 Å². The van der Waals surface area contributed by atoms with E-state index in [1.165, 1.54) is 0 Å². The summed E-state index contributed by atoms with van der Waals surface area (Å²) in [5, 5.41) is 12.5. The first-order valence-corrected chi connectivity index (χ1v) is 8.26. The van der Waals surface area contributed by atoms with E-state index in [9.17, 15) is 14.7 Å². The van der Waals surface area contributed by atoms with Crippen LogP contribution in [0, 0.1) is 12.3 Å². The number of nitrogens with one attached hydrogen (secondary N) is 1. The van der Waals surface area contributed by atoms with Gasteiger partial charge in [-0.1, -0.05) is 24.6 Å². The van der Waals surface area contributed by atoms with Gasteiger partial charge in [0.05, 0.1) is 10.7 Å². The molecule has 1 aliphatic rings. The number of aliphatic hydroxyl groups excluding tert-OH is 1. The topological polar surface area (TPSA) is 69.6 Å². The minimum Gasteiger partial charge on any atom is -0.396 e. The summed E-state index contributed by atoms with van der Waals surface area (Å²) in [5.41, 5.74) is 1.30. The molecule has 0 aliphatic carbocycles. The lowest BCUT2D eigenvalue weighted by atomic mass is 9.77. The van der Waals surface area contributed by atoms with Crippen molar-refractivity contribution >= 4 is 29.1 Å². The standard InChI is InChI=1S/C17H23ClN2O3/c1-3-17(11-21)6-8-20(9-7-17)16(23)15(22)19-14-5-4-12(2)10-13(14)18/h4-5,10,21H,3,6-9,11H2,1-2H3,(H,19,22). The monoisotopic (exact) mass is 338 g/mol. The van der Waals surface area contributed by atoms with Crippen LogP contribution in [-0.4, -0.2) is 41.5 Å². The molecular formula is C17H23ClN2O3. The summed E-state index contributed by atoms with van der Waals surface area (Å²) in [6.07, 6.45) is 2.30. The van der Waals surface area contributed by atoms with Gasteiger partial charge in [0, 0.05) is 19.7 Å². The van der Waals surface area contributed by atoms with E-state index in [1.807, 2.05) is 19.9 Å². The van der Waals surface area contributed by atoms with Crippen LogP contribution in [0.4, 0.5) is 5.69 Å². The van der Waals surface area contributed by atoms with Gasteiger partial charge in [-0.15, -0.1) is 0 Å². The first-order chi connectivity index (χ1) is 10.9. The zero-order valence-electron chi connectivity index (χ0n) is 13.6. The first kappa shape index (κ1) is 17.8. The molecule has 0 spiro atoms. The molecule has 23 heavy (non-hydrogen) atoms. The molecule has 1 fully saturated rings. The number of benzene rings is 1. The van der Waals surface area contributed by atoms with Crippen LogP contribution < -0.4 is 5.32 Å². The molecule has 6 heteroatoms. The van der Waals surface area contributed by atoms with Crippen LogP contribution in [0.15, 0.2) is 18.2 Å². The Labute approximate surface area is 141 Å². The molecule has 1 heterocycles. The Morgan fingerprint density at radius 2 is 2.00 bits per heavy atom. The Morgan fingerprint density at radius 3 is 2.52 bits per heavy atom. The van der Waals surface area contributed by atoms with E-state index in [0.717, 1.165) is 12.0 Å². The Morgan fingerprint density at radius 1 is 1.35 bits per heavy atom.